The monoisotopic (exact) mass is 195 g/mol. The van der Waals surface area contributed by atoms with E-state index >= 15 is 0 Å². The molecule has 2 aromatic rings. The average molecular weight is 195 g/mol. The van der Waals surface area contributed by atoms with Crippen molar-refractivity contribution in [1.29, 1.82) is 0 Å². The van der Waals surface area contributed by atoms with E-state index in [1.165, 1.54) is 18.2 Å². The number of rotatable bonds is 1. The summed E-state index contributed by atoms with van der Waals surface area (Å²) < 4.78 is 17.8. The Morgan fingerprint density at radius 1 is 1.21 bits per heavy atom. The van der Waals surface area contributed by atoms with Gasteiger partial charge < -0.3 is 14.6 Å². The van der Waals surface area contributed by atoms with Gasteiger partial charge in [-0.2, -0.15) is 4.98 Å². The van der Waals surface area contributed by atoms with E-state index in [9.17, 15) is 4.39 Å². The Balaban J connectivity index is 2.55. The third-order valence-corrected chi connectivity index (χ3v) is 1.70. The Kier molecular flexibility index (Phi) is 1.85. The number of benzene rings is 1. The molecule has 5 heteroatoms. The van der Waals surface area contributed by atoms with Crippen LogP contribution in [0.4, 0.5) is 4.39 Å². The van der Waals surface area contributed by atoms with Crippen LogP contribution in [0.2, 0.25) is 0 Å². The lowest BCUT2D eigenvalue weighted by Crippen LogP contribution is -1.82. The van der Waals surface area contributed by atoms with Gasteiger partial charge in [-0.05, 0) is 12.1 Å². The zero-order valence-electron chi connectivity index (χ0n) is 6.94. The first kappa shape index (κ1) is 8.55. The maximum absolute atomic E-state index is 13.2. The second-order valence-corrected chi connectivity index (χ2v) is 2.63. The average Bonchev–Trinajstić information content (AvgIpc) is 2.48. The van der Waals surface area contributed by atoms with Crippen molar-refractivity contribution < 1.29 is 19.0 Å². The topological polar surface area (TPSA) is 66.5 Å². The van der Waals surface area contributed by atoms with E-state index in [0.29, 0.717) is 0 Å². The highest BCUT2D eigenvalue weighted by atomic mass is 19.1. The van der Waals surface area contributed by atoms with Crippen LogP contribution in [0.15, 0.2) is 28.7 Å². The zero-order chi connectivity index (χ0) is 10.1. The summed E-state index contributed by atoms with van der Waals surface area (Å²) in [5.41, 5.74) is 0.0862. The van der Waals surface area contributed by atoms with Crippen molar-refractivity contribution in [3.63, 3.8) is 0 Å². The summed E-state index contributed by atoms with van der Waals surface area (Å²) >= 11 is 0. The molecule has 0 aliphatic heterocycles. The maximum atomic E-state index is 13.2. The SMILES string of the molecule is Oc1nc(-c2ccccc2F)oc1O. The number of aromatic nitrogens is 1. The van der Waals surface area contributed by atoms with Crippen molar-refractivity contribution in [3.05, 3.63) is 30.1 Å². The summed E-state index contributed by atoms with van der Waals surface area (Å²) in [6.07, 6.45) is 0. The summed E-state index contributed by atoms with van der Waals surface area (Å²) in [7, 11) is 0. The van der Waals surface area contributed by atoms with Gasteiger partial charge in [0.15, 0.2) is 0 Å². The summed E-state index contributed by atoms with van der Waals surface area (Å²) in [6, 6.07) is 5.77. The van der Waals surface area contributed by atoms with Gasteiger partial charge in [0.1, 0.15) is 5.82 Å². The molecule has 0 bridgehead atoms. The molecule has 14 heavy (non-hydrogen) atoms. The number of hydrogen-bond donors (Lipinski definition) is 2. The van der Waals surface area contributed by atoms with Gasteiger partial charge in [0.2, 0.25) is 5.89 Å². The lowest BCUT2D eigenvalue weighted by Gasteiger charge is -1.94. The molecule has 0 amide bonds. The summed E-state index contributed by atoms with van der Waals surface area (Å²) in [6.45, 7) is 0. The van der Waals surface area contributed by atoms with Gasteiger partial charge in [-0.15, -0.1) is 0 Å². The Hall–Kier alpha value is -2.04. The summed E-state index contributed by atoms with van der Waals surface area (Å²) in [5.74, 6) is -2.06. The highest BCUT2D eigenvalue weighted by molar-refractivity contribution is 5.55. The van der Waals surface area contributed by atoms with Crippen LogP contribution in [0.5, 0.6) is 11.8 Å². The van der Waals surface area contributed by atoms with Crippen molar-refractivity contribution >= 4 is 0 Å². The van der Waals surface area contributed by atoms with Crippen LogP contribution >= 0.6 is 0 Å². The van der Waals surface area contributed by atoms with Gasteiger partial charge in [0.25, 0.3) is 5.88 Å². The van der Waals surface area contributed by atoms with Gasteiger partial charge in [-0.25, -0.2) is 4.39 Å². The standard InChI is InChI=1S/C9H6FNO3/c10-6-4-2-1-3-5(6)8-11-7(12)9(13)14-8/h1-4,12-13H. The van der Waals surface area contributed by atoms with E-state index in [0.717, 1.165) is 0 Å². The first-order valence-electron chi connectivity index (χ1n) is 3.82. The van der Waals surface area contributed by atoms with Crippen LogP contribution in [0.1, 0.15) is 0 Å². The lowest BCUT2D eigenvalue weighted by molar-refractivity contribution is 0.309. The van der Waals surface area contributed by atoms with Crippen molar-refractivity contribution in [2.75, 3.05) is 0 Å². The van der Waals surface area contributed by atoms with Crippen LogP contribution in [-0.2, 0) is 0 Å². The molecule has 72 valence electrons. The molecule has 1 heterocycles. The molecule has 0 unspecified atom stereocenters. The fraction of sp³-hybridized carbons (Fsp3) is 0. The molecule has 0 aliphatic rings. The molecule has 2 rings (SSSR count). The number of nitrogens with zero attached hydrogens (tertiary/aromatic N) is 1. The van der Waals surface area contributed by atoms with Crippen LogP contribution in [-0.4, -0.2) is 15.2 Å². The molecule has 0 saturated heterocycles. The number of oxazole rings is 1. The van der Waals surface area contributed by atoms with Gasteiger partial charge in [0.05, 0.1) is 5.56 Å². The number of aromatic hydroxyl groups is 2. The molecule has 0 spiro atoms. The molecule has 1 aromatic carbocycles. The van der Waals surface area contributed by atoms with E-state index in [4.69, 9.17) is 10.2 Å². The first-order chi connectivity index (χ1) is 6.68. The molecule has 1 aromatic heterocycles. The fourth-order valence-corrected chi connectivity index (χ4v) is 1.05. The van der Waals surface area contributed by atoms with Crippen molar-refractivity contribution in [2.45, 2.75) is 0 Å². The minimum atomic E-state index is -0.719. The molecule has 0 atom stereocenters. The molecule has 2 N–H and O–H groups in total. The third kappa shape index (κ3) is 1.28. The minimum absolute atomic E-state index is 0.0862. The quantitative estimate of drug-likeness (QED) is 0.729. The van der Waals surface area contributed by atoms with Gasteiger partial charge in [-0.1, -0.05) is 12.1 Å². The predicted molar refractivity (Wildman–Crippen MR) is 45.2 cm³/mol. The maximum Gasteiger partial charge on any atom is 0.349 e. The van der Waals surface area contributed by atoms with E-state index in [1.54, 1.807) is 6.07 Å². The Morgan fingerprint density at radius 3 is 2.50 bits per heavy atom. The fourth-order valence-electron chi connectivity index (χ4n) is 1.05. The lowest BCUT2D eigenvalue weighted by atomic mass is 10.2. The molecular weight excluding hydrogens is 189 g/mol. The molecule has 0 aliphatic carbocycles. The van der Waals surface area contributed by atoms with E-state index in [2.05, 4.69) is 9.40 Å². The Labute approximate surface area is 78.3 Å². The van der Waals surface area contributed by atoms with Crippen LogP contribution in [0, 0.1) is 5.82 Å². The number of halogens is 1. The summed E-state index contributed by atoms with van der Waals surface area (Å²) in [4.78, 5) is 3.44. The van der Waals surface area contributed by atoms with Gasteiger partial charge >= 0.3 is 5.95 Å². The third-order valence-electron chi connectivity index (χ3n) is 1.70. The van der Waals surface area contributed by atoms with Crippen LogP contribution in [0.25, 0.3) is 11.5 Å². The van der Waals surface area contributed by atoms with Crippen molar-refractivity contribution in [1.82, 2.24) is 4.98 Å². The molecule has 0 radical (unpaired) electrons. The second kappa shape index (κ2) is 3.02. The smallest absolute Gasteiger partial charge is 0.349 e. The van der Waals surface area contributed by atoms with E-state index in [1.807, 2.05) is 0 Å². The van der Waals surface area contributed by atoms with E-state index < -0.39 is 17.6 Å². The van der Waals surface area contributed by atoms with Crippen LogP contribution in [0.3, 0.4) is 0 Å². The van der Waals surface area contributed by atoms with Crippen molar-refractivity contribution in [2.24, 2.45) is 0 Å². The zero-order valence-corrected chi connectivity index (χ0v) is 6.94. The second-order valence-electron chi connectivity index (χ2n) is 2.63. The van der Waals surface area contributed by atoms with Crippen molar-refractivity contribution in [3.8, 4) is 23.3 Å². The largest absolute Gasteiger partial charge is 0.488 e. The number of hydrogen-bond acceptors (Lipinski definition) is 4. The molecule has 0 fully saturated rings. The van der Waals surface area contributed by atoms with Gasteiger partial charge in [-0.3, -0.25) is 0 Å². The minimum Gasteiger partial charge on any atom is -0.488 e. The highest BCUT2D eigenvalue weighted by Gasteiger charge is 2.15. The highest BCUT2D eigenvalue weighted by Crippen LogP contribution is 2.31. The normalized spacial score (nSPS) is 10.4. The molecule has 4 nitrogen and oxygen atoms in total. The predicted octanol–water partition coefficient (Wildman–Crippen LogP) is 1.89. The molecule has 0 saturated carbocycles. The van der Waals surface area contributed by atoms with E-state index in [-0.39, 0.29) is 11.5 Å². The molecular formula is C9H6FNO3. The van der Waals surface area contributed by atoms with Crippen LogP contribution < -0.4 is 0 Å². The Morgan fingerprint density at radius 2 is 1.93 bits per heavy atom. The Bertz CT molecular complexity index is 447. The van der Waals surface area contributed by atoms with Gasteiger partial charge in [0, 0.05) is 0 Å². The first-order valence-corrected chi connectivity index (χ1v) is 3.82. The summed E-state index contributed by atoms with van der Waals surface area (Å²) in [5, 5.41) is 17.8.